The van der Waals surface area contributed by atoms with Crippen molar-refractivity contribution in [3.63, 3.8) is 0 Å². The molecule has 3 rings (SSSR count). The first-order chi connectivity index (χ1) is 11.7. The molecule has 0 spiro atoms. The lowest BCUT2D eigenvalue weighted by Gasteiger charge is -2.22. The number of hydrogen-bond donors (Lipinski definition) is 1. The van der Waals surface area contributed by atoms with Gasteiger partial charge >= 0.3 is 11.8 Å². The maximum Gasteiger partial charge on any atom is 0.308 e. The molecule has 24 heavy (non-hydrogen) atoms. The van der Waals surface area contributed by atoms with Crippen molar-refractivity contribution in [2.45, 2.75) is 32.2 Å². The number of nitrogens with zero attached hydrogens (tertiary/aromatic N) is 3. The molecular formula is C17H21ClN4O2. The Bertz CT molecular complexity index is 703. The predicted molar refractivity (Wildman–Crippen MR) is 91.2 cm³/mol. The summed E-state index contributed by atoms with van der Waals surface area (Å²) in [7, 11) is 0. The molecule has 7 heteroatoms. The average Bonchev–Trinajstić information content (AvgIpc) is 3.21. The van der Waals surface area contributed by atoms with Crippen LogP contribution in [-0.4, -0.2) is 46.7 Å². The third kappa shape index (κ3) is 4.13. The van der Waals surface area contributed by atoms with Gasteiger partial charge in [0.2, 0.25) is 5.89 Å². The van der Waals surface area contributed by atoms with Crippen molar-refractivity contribution in [2.75, 3.05) is 19.6 Å². The molecule has 1 atom stereocenters. The number of nitrogens with one attached hydrogen (secondary N) is 1. The second-order valence-corrected chi connectivity index (χ2v) is 6.38. The van der Waals surface area contributed by atoms with Gasteiger partial charge < -0.3 is 9.73 Å². The predicted octanol–water partition coefficient (Wildman–Crippen LogP) is 2.53. The molecule has 1 amide bonds. The van der Waals surface area contributed by atoms with Gasteiger partial charge in [0.05, 0.1) is 6.42 Å². The van der Waals surface area contributed by atoms with Crippen LogP contribution in [0, 0.1) is 0 Å². The van der Waals surface area contributed by atoms with Crippen molar-refractivity contribution in [1.82, 2.24) is 20.4 Å². The summed E-state index contributed by atoms with van der Waals surface area (Å²) in [5.41, 5.74) is 0.961. The van der Waals surface area contributed by atoms with Crippen molar-refractivity contribution in [3.8, 4) is 0 Å². The van der Waals surface area contributed by atoms with Crippen molar-refractivity contribution in [2.24, 2.45) is 0 Å². The molecule has 1 aromatic carbocycles. The minimum Gasteiger partial charge on any atom is -0.417 e. The van der Waals surface area contributed by atoms with E-state index in [1.54, 1.807) is 6.07 Å². The number of likely N-dealkylation sites (tertiary alicyclic amines) is 1. The Balaban J connectivity index is 1.55. The second kappa shape index (κ2) is 7.77. The van der Waals surface area contributed by atoms with Crippen molar-refractivity contribution >= 4 is 17.5 Å². The molecule has 1 aliphatic heterocycles. The monoisotopic (exact) mass is 348 g/mol. The van der Waals surface area contributed by atoms with Crippen LogP contribution in [0.15, 0.2) is 28.7 Å². The largest absolute Gasteiger partial charge is 0.417 e. The Kier molecular flexibility index (Phi) is 5.48. The van der Waals surface area contributed by atoms with Gasteiger partial charge in [0, 0.05) is 17.6 Å². The molecular weight excluding hydrogens is 328 g/mol. The molecule has 1 N–H and O–H groups in total. The number of carbonyl (C=O) groups excluding carboxylic acids is 1. The Labute approximate surface area is 146 Å². The number of carbonyl (C=O) groups is 1. The molecule has 1 aromatic heterocycles. The van der Waals surface area contributed by atoms with Crippen LogP contribution in [0.4, 0.5) is 0 Å². The fourth-order valence-electron chi connectivity index (χ4n) is 3.07. The van der Waals surface area contributed by atoms with Crippen molar-refractivity contribution in [1.29, 1.82) is 0 Å². The number of rotatable bonds is 6. The van der Waals surface area contributed by atoms with Crippen LogP contribution in [0.5, 0.6) is 0 Å². The number of amides is 1. The van der Waals surface area contributed by atoms with E-state index in [1.807, 2.05) is 18.2 Å². The van der Waals surface area contributed by atoms with E-state index in [0.717, 1.165) is 25.1 Å². The van der Waals surface area contributed by atoms with E-state index in [0.29, 0.717) is 29.9 Å². The molecule has 128 valence electrons. The van der Waals surface area contributed by atoms with Crippen LogP contribution >= 0.6 is 11.6 Å². The molecule has 2 heterocycles. The third-order valence-corrected chi connectivity index (χ3v) is 4.54. The zero-order chi connectivity index (χ0) is 16.9. The first-order valence-electron chi connectivity index (χ1n) is 8.24. The van der Waals surface area contributed by atoms with Gasteiger partial charge in [0.1, 0.15) is 0 Å². The van der Waals surface area contributed by atoms with E-state index in [4.69, 9.17) is 16.0 Å². The van der Waals surface area contributed by atoms with Crippen LogP contribution in [0.1, 0.15) is 41.9 Å². The Morgan fingerprint density at radius 3 is 3.12 bits per heavy atom. The molecule has 0 saturated carbocycles. The minimum absolute atomic E-state index is 0.00748. The first kappa shape index (κ1) is 16.9. The first-order valence-corrected chi connectivity index (χ1v) is 8.62. The zero-order valence-electron chi connectivity index (χ0n) is 13.7. The standard InChI is InChI=1S/C17H21ClN4O2/c1-2-22-8-4-7-14(22)11-19-16(23)17-21-20-15(24-17)10-12-5-3-6-13(18)9-12/h3,5-6,9,14H,2,4,7-8,10-11H2,1H3,(H,19,23)/t14-/m0/s1. The number of benzene rings is 1. The maximum atomic E-state index is 12.2. The summed E-state index contributed by atoms with van der Waals surface area (Å²) in [6, 6.07) is 7.83. The summed E-state index contributed by atoms with van der Waals surface area (Å²) in [5.74, 6) is 0.0920. The molecule has 1 saturated heterocycles. The van der Waals surface area contributed by atoms with Gasteiger partial charge in [0.25, 0.3) is 0 Å². The number of aromatic nitrogens is 2. The Morgan fingerprint density at radius 2 is 2.33 bits per heavy atom. The van der Waals surface area contributed by atoms with Crippen LogP contribution < -0.4 is 5.32 Å². The molecule has 1 aliphatic rings. The highest BCUT2D eigenvalue weighted by Gasteiger charge is 2.24. The smallest absolute Gasteiger partial charge is 0.308 e. The average molecular weight is 349 g/mol. The quantitative estimate of drug-likeness (QED) is 0.868. The van der Waals surface area contributed by atoms with Gasteiger partial charge in [-0.05, 0) is 43.6 Å². The highest BCUT2D eigenvalue weighted by Crippen LogP contribution is 2.16. The van der Waals surface area contributed by atoms with Crippen LogP contribution in [0.25, 0.3) is 0 Å². The molecule has 1 fully saturated rings. The van der Waals surface area contributed by atoms with Crippen LogP contribution in [-0.2, 0) is 6.42 Å². The molecule has 2 aromatic rings. The number of likely N-dealkylation sites (N-methyl/N-ethyl adjacent to an activating group) is 1. The van der Waals surface area contributed by atoms with Gasteiger partial charge in [-0.3, -0.25) is 9.69 Å². The molecule has 0 aliphatic carbocycles. The van der Waals surface area contributed by atoms with Gasteiger partial charge in [-0.15, -0.1) is 10.2 Å². The molecule has 0 bridgehead atoms. The fraction of sp³-hybridized carbons (Fsp3) is 0.471. The highest BCUT2D eigenvalue weighted by molar-refractivity contribution is 6.30. The molecule has 0 radical (unpaired) electrons. The van der Waals surface area contributed by atoms with Crippen molar-refractivity contribution in [3.05, 3.63) is 46.6 Å². The normalized spacial score (nSPS) is 18.0. The molecule has 0 unspecified atom stereocenters. The fourth-order valence-corrected chi connectivity index (χ4v) is 3.28. The minimum atomic E-state index is -0.317. The zero-order valence-corrected chi connectivity index (χ0v) is 14.4. The topological polar surface area (TPSA) is 71.3 Å². The summed E-state index contributed by atoms with van der Waals surface area (Å²) < 4.78 is 5.47. The van der Waals surface area contributed by atoms with E-state index >= 15 is 0 Å². The lowest BCUT2D eigenvalue weighted by molar-refractivity contribution is 0.0905. The van der Waals surface area contributed by atoms with Gasteiger partial charge in [0.15, 0.2) is 0 Å². The SMILES string of the molecule is CCN1CCC[C@H]1CNC(=O)c1nnc(Cc2cccc(Cl)c2)o1. The lowest BCUT2D eigenvalue weighted by Crippen LogP contribution is -2.40. The van der Waals surface area contributed by atoms with Crippen LogP contribution in [0.3, 0.4) is 0 Å². The summed E-state index contributed by atoms with van der Waals surface area (Å²) >= 11 is 5.96. The van der Waals surface area contributed by atoms with Gasteiger partial charge in [-0.1, -0.05) is 30.7 Å². The van der Waals surface area contributed by atoms with Crippen LogP contribution in [0.2, 0.25) is 5.02 Å². The number of hydrogen-bond acceptors (Lipinski definition) is 5. The van der Waals surface area contributed by atoms with E-state index in [2.05, 4.69) is 27.3 Å². The summed E-state index contributed by atoms with van der Waals surface area (Å²) in [6.45, 7) is 4.85. The third-order valence-electron chi connectivity index (χ3n) is 4.31. The lowest BCUT2D eigenvalue weighted by atomic mass is 10.1. The Hall–Kier alpha value is -1.92. The highest BCUT2D eigenvalue weighted by atomic mass is 35.5. The maximum absolute atomic E-state index is 12.2. The van der Waals surface area contributed by atoms with E-state index in [9.17, 15) is 4.79 Å². The summed E-state index contributed by atoms with van der Waals surface area (Å²) in [5, 5.41) is 11.3. The van der Waals surface area contributed by atoms with Crippen molar-refractivity contribution < 1.29 is 9.21 Å². The molecule has 6 nitrogen and oxygen atoms in total. The summed E-state index contributed by atoms with van der Waals surface area (Å²) in [4.78, 5) is 14.5. The van der Waals surface area contributed by atoms with Gasteiger partial charge in [-0.2, -0.15) is 0 Å². The van der Waals surface area contributed by atoms with E-state index in [1.165, 1.54) is 6.42 Å². The summed E-state index contributed by atoms with van der Waals surface area (Å²) in [6.07, 6.45) is 2.74. The van der Waals surface area contributed by atoms with Gasteiger partial charge in [-0.25, -0.2) is 0 Å². The number of halogens is 1. The Morgan fingerprint density at radius 1 is 1.46 bits per heavy atom. The van der Waals surface area contributed by atoms with E-state index < -0.39 is 0 Å². The van der Waals surface area contributed by atoms with E-state index in [-0.39, 0.29) is 11.8 Å². The second-order valence-electron chi connectivity index (χ2n) is 5.94.